The lowest BCUT2D eigenvalue weighted by atomic mass is 10.0. The highest BCUT2D eigenvalue weighted by molar-refractivity contribution is 7.99. The number of aromatic nitrogens is 3. The lowest BCUT2D eigenvalue weighted by Crippen LogP contribution is -2.31. The van der Waals surface area contributed by atoms with Gasteiger partial charge in [0.25, 0.3) is 0 Å². The van der Waals surface area contributed by atoms with Gasteiger partial charge < -0.3 is 30.9 Å². The van der Waals surface area contributed by atoms with Crippen molar-refractivity contribution in [3.63, 3.8) is 0 Å². The van der Waals surface area contributed by atoms with Gasteiger partial charge in [-0.2, -0.15) is 5.10 Å². The van der Waals surface area contributed by atoms with Crippen molar-refractivity contribution in [3.05, 3.63) is 95.8 Å². The Hall–Kier alpha value is -4.23. The van der Waals surface area contributed by atoms with Crippen molar-refractivity contribution in [2.45, 2.75) is 55.9 Å². The van der Waals surface area contributed by atoms with E-state index >= 15 is 0 Å². The van der Waals surface area contributed by atoms with Gasteiger partial charge in [-0.05, 0) is 41.8 Å². The molecule has 224 valence electrons. The number of ether oxygens (including phenoxy) is 2. The van der Waals surface area contributed by atoms with Crippen LogP contribution in [0.5, 0.6) is 0 Å². The fourth-order valence-electron chi connectivity index (χ4n) is 4.68. The molecule has 0 saturated carbocycles. The second-order valence-electron chi connectivity index (χ2n) is 10.1. The Morgan fingerprint density at radius 3 is 2.51 bits per heavy atom. The predicted octanol–water partition coefficient (Wildman–Crippen LogP) is 4.96. The van der Waals surface area contributed by atoms with Gasteiger partial charge in [-0.3, -0.25) is 14.7 Å². The lowest BCUT2D eigenvalue weighted by Gasteiger charge is -2.36. The monoisotopic (exact) mass is 602 g/mol. The summed E-state index contributed by atoms with van der Waals surface area (Å²) in [6.45, 7) is -0.0253. The van der Waals surface area contributed by atoms with Crippen molar-refractivity contribution < 1.29 is 24.2 Å². The number of nitrogens with zero attached hydrogens (tertiary/aromatic N) is 2. The molecule has 0 radical (unpaired) electrons. The summed E-state index contributed by atoms with van der Waals surface area (Å²) in [6, 6.07) is 22.1. The number of rotatable bonds is 12. The molecule has 4 aromatic rings. The van der Waals surface area contributed by atoms with E-state index in [4.69, 9.17) is 15.2 Å². The number of carbonyl (C=O) groups is 2. The van der Waals surface area contributed by atoms with Gasteiger partial charge in [0.1, 0.15) is 6.33 Å². The first-order valence-electron chi connectivity index (χ1n) is 14.0. The average Bonchev–Trinajstić information content (AvgIpc) is 3.55. The minimum atomic E-state index is -0.664. The van der Waals surface area contributed by atoms with Crippen molar-refractivity contribution >= 4 is 40.6 Å². The Labute approximate surface area is 253 Å². The third kappa shape index (κ3) is 8.64. The second kappa shape index (κ2) is 14.8. The summed E-state index contributed by atoms with van der Waals surface area (Å²) in [4.78, 5) is 29.1. The van der Waals surface area contributed by atoms with Crippen LogP contribution in [0.1, 0.15) is 54.8 Å². The maximum absolute atomic E-state index is 12.7. The first-order valence-corrected chi connectivity index (χ1v) is 15.0. The maximum atomic E-state index is 12.7. The first-order chi connectivity index (χ1) is 21.0. The molecule has 5 rings (SSSR count). The summed E-state index contributed by atoms with van der Waals surface area (Å²) < 4.78 is 12.8. The van der Waals surface area contributed by atoms with E-state index in [1.807, 2.05) is 42.5 Å². The molecule has 1 aromatic heterocycles. The smallest absolute Gasteiger partial charge is 0.224 e. The second-order valence-corrected chi connectivity index (χ2v) is 11.1. The normalized spacial score (nSPS) is 18.2. The Balaban J connectivity index is 1.19. The number of aromatic amines is 1. The first kappa shape index (κ1) is 30.2. The third-order valence-electron chi connectivity index (χ3n) is 6.90. The number of thioether (sulfide) groups is 1. The summed E-state index contributed by atoms with van der Waals surface area (Å²) in [7, 11) is 0. The number of nitrogens with two attached hydrogens (primary N) is 1. The summed E-state index contributed by atoms with van der Waals surface area (Å²) in [5, 5.41) is 22.6. The molecule has 2 amide bonds. The van der Waals surface area contributed by atoms with Crippen molar-refractivity contribution in [2.24, 2.45) is 0 Å². The molecular weight excluding hydrogens is 568 g/mol. The van der Waals surface area contributed by atoms with Gasteiger partial charge >= 0.3 is 0 Å². The van der Waals surface area contributed by atoms with Crippen LogP contribution in [0.15, 0.2) is 84.3 Å². The number of aliphatic hydroxyl groups is 1. The lowest BCUT2D eigenvalue weighted by molar-refractivity contribution is -0.245. The number of hydrogen-bond donors (Lipinski definition) is 5. The topological polar surface area (TPSA) is 164 Å². The molecule has 1 saturated heterocycles. The van der Waals surface area contributed by atoms with Crippen LogP contribution in [0.4, 0.5) is 17.1 Å². The van der Waals surface area contributed by atoms with Gasteiger partial charge in [0.05, 0.1) is 30.2 Å². The minimum absolute atomic E-state index is 0.0253. The van der Waals surface area contributed by atoms with Gasteiger partial charge in [-0.15, -0.1) is 0 Å². The van der Waals surface area contributed by atoms with E-state index in [0.717, 1.165) is 16.7 Å². The third-order valence-corrected chi connectivity index (χ3v) is 7.91. The zero-order valence-electron chi connectivity index (χ0n) is 23.4. The van der Waals surface area contributed by atoms with E-state index in [-0.39, 0.29) is 43.5 Å². The number of H-pyrrole nitrogens is 1. The Morgan fingerprint density at radius 2 is 1.77 bits per heavy atom. The van der Waals surface area contributed by atoms with E-state index < -0.39 is 6.29 Å². The fourth-order valence-corrected chi connectivity index (χ4v) is 5.48. The molecule has 1 aliphatic rings. The van der Waals surface area contributed by atoms with Crippen molar-refractivity contribution in [1.29, 1.82) is 0 Å². The summed E-state index contributed by atoms with van der Waals surface area (Å²) in [5.41, 5.74) is 10.1. The molecule has 1 aliphatic heterocycles. The highest BCUT2D eigenvalue weighted by Crippen LogP contribution is 2.39. The number of carbonyl (C=O) groups excluding carboxylic acids is 2. The van der Waals surface area contributed by atoms with Crippen LogP contribution in [0.3, 0.4) is 0 Å². The van der Waals surface area contributed by atoms with E-state index in [1.165, 1.54) is 18.1 Å². The van der Waals surface area contributed by atoms with Gasteiger partial charge in [-0.25, -0.2) is 4.98 Å². The Morgan fingerprint density at radius 1 is 0.977 bits per heavy atom. The highest BCUT2D eigenvalue weighted by Gasteiger charge is 2.32. The number of anilines is 3. The van der Waals surface area contributed by atoms with Crippen LogP contribution in [-0.4, -0.2) is 44.0 Å². The van der Waals surface area contributed by atoms with E-state index in [9.17, 15) is 14.7 Å². The molecule has 1 fully saturated rings. The van der Waals surface area contributed by atoms with Gasteiger partial charge in [0.2, 0.25) is 11.8 Å². The molecule has 12 heteroatoms. The summed E-state index contributed by atoms with van der Waals surface area (Å²) in [6.07, 6.45) is 1.83. The van der Waals surface area contributed by atoms with Crippen molar-refractivity contribution in [1.82, 2.24) is 15.2 Å². The molecule has 11 nitrogen and oxygen atoms in total. The van der Waals surface area contributed by atoms with Crippen LogP contribution in [-0.2, 0) is 25.7 Å². The molecule has 3 atom stereocenters. The fraction of sp³-hybridized carbons (Fsp3) is 0.290. The minimum Gasteiger partial charge on any atom is -0.397 e. The molecule has 0 bridgehead atoms. The van der Waals surface area contributed by atoms with Crippen LogP contribution in [0.2, 0.25) is 0 Å². The number of benzene rings is 3. The molecule has 43 heavy (non-hydrogen) atoms. The predicted molar refractivity (Wildman–Crippen MR) is 164 cm³/mol. The zero-order chi connectivity index (χ0) is 30.0. The van der Waals surface area contributed by atoms with Gasteiger partial charge in [0, 0.05) is 36.3 Å². The molecular formula is C31H34N6O5S. The highest BCUT2D eigenvalue weighted by atomic mass is 32.2. The number of hydrogen-bond acceptors (Lipinski definition) is 9. The molecule has 0 spiro atoms. The maximum Gasteiger partial charge on any atom is 0.224 e. The van der Waals surface area contributed by atoms with E-state index in [1.54, 1.807) is 30.3 Å². The summed E-state index contributed by atoms with van der Waals surface area (Å²) >= 11 is 1.52. The number of amides is 2. The van der Waals surface area contributed by atoms with E-state index in [2.05, 4.69) is 25.8 Å². The molecule has 3 aromatic carbocycles. The SMILES string of the molecule is Nc1ccccc1NC(=O)CCCC(=O)Nc1cccc([C@H]2O[C@@H](CSc3ncn[nH]3)C[C@@H](c3ccc(CO)cc3)O2)c1. The van der Waals surface area contributed by atoms with Crippen molar-refractivity contribution in [2.75, 3.05) is 22.1 Å². The quantitative estimate of drug-likeness (QED) is 0.111. The zero-order valence-corrected chi connectivity index (χ0v) is 24.3. The molecule has 6 N–H and O–H groups in total. The summed E-state index contributed by atoms with van der Waals surface area (Å²) in [5.74, 6) is 0.245. The molecule has 0 aliphatic carbocycles. The van der Waals surface area contributed by atoms with Crippen LogP contribution in [0, 0.1) is 0 Å². The Kier molecular flexibility index (Phi) is 10.4. The Bertz CT molecular complexity index is 1500. The largest absolute Gasteiger partial charge is 0.397 e. The van der Waals surface area contributed by atoms with Gasteiger partial charge in [0.15, 0.2) is 11.4 Å². The van der Waals surface area contributed by atoms with Crippen LogP contribution >= 0.6 is 11.8 Å². The molecule has 0 unspecified atom stereocenters. The average molecular weight is 603 g/mol. The van der Waals surface area contributed by atoms with Crippen LogP contribution < -0.4 is 16.4 Å². The number of para-hydroxylation sites is 2. The number of aliphatic hydroxyl groups excluding tert-OH is 1. The van der Waals surface area contributed by atoms with Gasteiger partial charge in [-0.1, -0.05) is 60.3 Å². The number of nitrogen functional groups attached to an aromatic ring is 1. The standard InChI is InChI=1S/C31H34N6O5S/c32-25-7-1-2-8-26(25)36-29(40)10-4-9-28(39)35-23-6-3-5-22(15-23)30-41-24(18-43-31-33-19-34-37-31)16-27(42-30)21-13-11-20(17-38)12-14-21/h1-3,5-8,11-15,19,24,27,30,38H,4,9-10,16-18,32H2,(H,35,39)(H,36,40)(H,33,34,37)/t24-,27+,30+/m1/s1. The van der Waals surface area contributed by atoms with Crippen molar-refractivity contribution in [3.8, 4) is 0 Å². The number of nitrogens with one attached hydrogen (secondary N) is 3. The van der Waals surface area contributed by atoms with Crippen LogP contribution in [0.25, 0.3) is 0 Å². The molecule has 2 heterocycles. The van der Waals surface area contributed by atoms with E-state index in [0.29, 0.717) is 40.8 Å².